The number of hydrogen-bond acceptors (Lipinski definition) is 4. The van der Waals surface area contributed by atoms with Gasteiger partial charge in [0.15, 0.2) is 4.34 Å². The molecule has 1 aliphatic carbocycles. The van der Waals surface area contributed by atoms with E-state index in [2.05, 4.69) is 9.36 Å². The van der Waals surface area contributed by atoms with Gasteiger partial charge in [-0.3, -0.25) is 0 Å². The van der Waals surface area contributed by atoms with Gasteiger partial charge in [-0.25, -0.2) is 9.37 Å². The first-order valence-corrected chi connectivity index (χ1v) is 6.67. The molecule has 1 fully saturated rings. The zero-order valence-corrected chi connectivity index (χ0v) is 10.0. The minimum Gasteiger partial charge on any atom is -0.212 e. The van der Waals surface area contributed by atoms with Gasteiger partial charge in [0.2, 0.25) is 0 Å². The monoisotopic (exact) mass is 252 g/mol. The average molecular weight is 252 g/mol. The summed E-state index contributed by atoms with van der Waals surface area (Å²) in [6, 6.07) is 6.55. The van der Waals surface area contributed by atoms with Crippen LogP contribution in [0.15, 0.2) is 33.5 Å². The van der Waals surface area contributed by atoms with Gasteiger partial charge in [0, 0.05) is 10.8 Å². The van der Waals surface area contributed by atoms with Crippen molar-refractivity contribution in [3.05, 3.63) is 35.9 Å². The van der Waals surface area contributed by atoms with Crippen LogP contribution >= 0.6 is 23.3 Å². The van der Waals surface area contributed by atoms with Crippen molar-refractivity contribution < 1.29 is 4.39 Å². The number of rotatable bonds is 3. The SMILES string of the molecule is Fc1cccc(Sc2nc(C3CC3)ns2)c1. The van der Waals surface area contributed by atoms with E-state index < -0.39 is 0 Å². The maximum atomic E-state index is 13.0. The molecule has 0 saturated heterocycles. The van der Waals surface area contributed by atoms with Crippen molar-refractivity contribution in [2.24, 2.45) is 0 Å². The first-order valence-electron chi connectivity index (χ1n) is 5.08. The highest BCUT2D eigenvalue weighted by Crippen LogP contribution is 2.40. The third-order valence-electron chi connectivity index (χ3n) is 2.37. The predicted octanol–water partition coefficient (Wildman–Crippen LogP) is 3.71. The van der Waals surface area contributed by atoms with Crippen LogP contribution in [0.2, 0.25) is 0 Å². The zero-order valence-electron chi connectivity index (χ0n) is 8.39. The van der Waals surface area contributed by atoms with Gasteiger partial charge in [0.1, 0.15) is 11.6 Å². The maximum absolute atomic E-state index is 13.0. The summed E-state index contributed by atoms with van der Waals surface area (Å²) in [7, 11) is 0. The van der Waals surface area contributed by atoms with Crippen LogP contribution in [0.5, 0.6) is 0 Å². The lowest BCUT2D eigenvalue weighted by molar-refractivity contribution is 0.624. The van der Waals surface area contributed by atoms with E-state index in [1.165, 1.54) is 48.3 Å². The fourth-order valence-corrected chi connectivity index (χ4v) is 3.10. The fourth-order valence-electron chi connectivity index (χ4n) is 1.40. The summed E-state index contributed by atoms with van der Waals surface area (Å²) >= 11 is 2.87. The number of hydrogen-bond donors (Lipinski definition) is 0. The third kappa shape index (κ3) is 2.25. The molecule has 1 aliphatic rings. The van der Waals surface area contributed by atoms with Gasteiger partial charge in [-0.15, -0.1) is 0 Å². The van der Waals surface area contributed by atoms with E-state index in [4.69, 9.17) is 0 Å². The smallest absolute Gasteiger partial charge is 0.174 e. The number of halogens is 1. The van der Waals surface area contributed by atoms with Crippen molar-refractivity contribution in [2.75, 3.05) is 0 Å². The average Bonchev–Trinajstić information content (AvgIpc) is 3.01. The second kappa shape index (κ2) is 4.14. The van der Waals surface area contributed by atoms with Crippen molar-refractivity contribution in [1.82, 2.24) is 9.36 Å². The lowest BCUT2D eigenvalue weighted by atomic mass is 10.4. The molecule has 82 valence electrons. The Hall–Kier alpha value is -0.940. The van der Waals surface area contributed by atoms with Crippen molar-refractivity contribution in [1.29, 1.82) is 0 Å². The van der Waals surface area contributed by atoms with Gasteiger partial charge in [-0.05, 0) is 42.6 Å². The molecule has 0 N–H and O–H groups in total. The van der Waals surface area contributed by atoms with Gasteiger partial charge in [-0.1, -0.05) is 17.8 Å². The van der Waals surface area contributed by atoms with Crippen molar-refractivity contribution >= 4 is 23.3 Å². The minimum atomic E-state index is -0.211. The Labute approximate surface area is 101 Å². The van der Waals surface area contributed by atoms with E-state index in [-0.39, 0.29) is 5.82 Å². The molecular weight excluding hydrogens is 243 g/mol. The molecule has 3 rings (SSSR count). The first-order chi connectivity index (χ1) is 7.81. The van der Waals surface area contributed by atoms with Gasteiger partial charge in [0.05, 0.1) is 0 Å². The van der Waals surface area contributed by atoms with E-state index in [9.17, 15) is 4.39 Å². The molecule has 1 saturated carbocycles. The third-order valence-corrected chi connectivity index (χ3v) is 4.12. The summed E-state index contributed by atoms with van der Waals surface area (Å²) in [6.07, 6.45) is 2.42. The summed E-state index contributed by atoms with van der Waals surface area (Å²) in [5.41, 5.74) is 0. The molecule has 0 bridgehead atoms. The summed E-state index contributed by atoms with van der Waals surface area (Å²) < 4.78 is 18.2. The Morgan fingerprint density at radius 3 is 3.00 bits per heavy atom. The highest BCUT2D eigenvalue weighted by Gasteiger charge is 2.27. The Morgan fingerprint density at radius 2 is 2.25 bits per heavy atom. The van der Waals surface area contributed by atoms with Gasteiger partial charge >= 0.3 is 0 Å². The van der Waals surface area contributed by atoms with Crippen LogP contribution in [0, 0.1) is 5.82 Å². The van der Waals surface area contributed by atoms with Crippen molar-refractivity contribution in [2.45, 2.75) is 28.0 Å². The van der Waals surface area contributed by atoms with Crippen LogP contribution in [0.3, 0.4) is 0 Å². The maximum Gasteiger partial charge on any atom is 0.174 e. The van der Waals surface area contributed by atoms with E-state index in [1.807, 2.05) is 6.07 Å². The second-order valence-electron chi connectivity index (χ2n) is 3.75. The van der Waals surface area contributed by atoms with Gasteiger partial charge < -0.3 is 0 Å². The van der Waals surface area contributed by atoms with Crippen LogP contribution in [-0.2, 0) is 0 Å². The Kier molecular flexibility index (Phi) is 2.65. The molecule has 0 spiro atoms. The fraction of sp³-hybridized carbons (Fsp3) is 0.273. The zero-order chi connectivity index (χ0) is 11.0. The summed E-state index contributed by atoms with van der Waals surface area (Å²) in [4.78, 5) is 5.32. The van der Waals surface area contributed by atoms with E-state index in [0.717, 1.165) is 15.1 Å². The Bertz CT molecular complexity index is 508. The molecule has 16 heavy (non-hydrogen) atoms. The molecular formula is C11H9FN2S2. The summed E-state index contributed by atoms with van der Waals surface area (Å²) in [6.45, 7) is 0. The molecule has 0 amide bonds. The Morgan fingerprint density at radius 1 is 1.38 bits per heavy atom. The normalized spacial score (nSPS) is 15.3. The number of nitrogens with zero attached hydrogens (tertiary/aromatic N) is 2. The quantitative estimate of drug-likeness (QED) is 0.833. The van der Waals surface area contributed by atoms with Gasteiger partial charge in [-0.2, -0.15) is 4.37 Å². The number of benzene rings is 1. The molecule has 0 unspecified atom stereocenters. The summed E-state index contributed by atoms with van der Waals surface area (Å²) in [5, 5.41) is 0. The Balaban J connectivity index is 1.77. The highest BCUT2D eigenvalue weighted by atomic mass is 32.2. The molecule has 1 heterocycles. The molecule has 1 aromatic heterocycles. The van der Waals surface area contributed by atoms with E-state index in [1.54, 1.807) is 6.07 Å². The van der Waals surface area contributed by atoms with Crippen LogP contribution in [0.4, 0.5) is 4.39 Å². The second-order valence-corrected chi connectivity index (χ2v) is 5.82. The molecule has 1 aromatic carbocycles. The molecule has 2 aromatic rings. The van der Waals surface area contributed by atoms with Crippen LogP contribution in [0.25, 0.3) is 0 Å². The van der Waals surface area contributed by atoms with Crippen molar-refractivity contribution in [3.63, 3.8) is 0 Å². The van der Waals surface area contributed by atoms with E-state index in [0.29, 0.717) is 5.92 Å². The van der Waals surface area contributed by atoms with Crippen LogP contribution in [-0.4, -0.2) is 9.36 Å². The standard InChI is InChI=1S/C11H9FN2S2/c12-8-2-1-3-9(6-8)15-11-13-10(14-16-11)7-4-5-7/h1-3,6-7H,4-5H2. The molecule has 0 aliphatic heterocycles. The van der Waals surface area contributed by atoms with E-state index >= 15 is 0 Å². The summed E-state index contributed by atoms with van der Waals surface area (Å²) in [5.74, 6) is 1.33. The molecule has 5 heteroatoms. The highest BCUT2D eigenvalue weighted by molar-refractivity contribution is 8.01. The first kappa shape index (κ1) is 10.2. The van der Waals surface area contributed by atoms with Crippen LogP contribution < -0.4 is 0 Å². The predicted molar refractivity (Wildman–Crippen MR) is 62.4 cm³/mol. The number of aromatic nitrogens is 2. The topological polar surface area (TPSA) is 25.8 Å². The van der Waals surface area contributed by atoms with Gasteiger partial charge in [0.25, 0.3) is 0 Å². The van der Waals surface area contributed by atoms with Crippen molar-refractivity contribution in [3.8, 4) is 0 Å². The minimum absolute atomic E-state index is 0.211. The molecule has 0 atom stereocenters. The lowest BCUT2D eigenvalue weighted by Gasteiger charge is -1.96. The lowest BCUT2D eigenvalue weighted by Crippen LogP contribution is -1.81. The molecule has 2 nitrogen and oxygen atoms in total. The van der Waals surface area contributed by atoms with Crippen LogP contribution in [0.1, 0.15) is 24.6 Å². The largest absolute Gasteiger partial charge is 0.212 e. The molecule has 0 radical (unpaired) electrons.